The van der Waals surface area contributed by atoms with Crippen molar-refractivity contribution in [3.63, 3.8) is 0 Å². The highest BCUT2D eigenvalue weighted by Gasteiger charge is 2.02. The van der Waals surface area contributed by atoms with Crippen molar-refractivity contribution in [3.8, 4) is 0 Å². The predicted molar refractivity (Wildman–Crippen MR) is 58.8 cm³/mol. The molecule has 0 saturated carbocycles. The van der Waals surface area contributed by atoms with E-state index in [9.17, 15) is 0 Å². The molecule has 0 aromatic rings. The molecule has 1 atom stereocenters. The van der Waals surface area contributed by atoms with Crippen molar-refractivity contribution in [2.24, 2.45) is 4.99 Å². The summed E-state index contributed by atoms with van der Waals surface area (Å²) in [5.41, 5.74) is 0. The molecule has 0 saturated heterocycles. The minimum absolute atomic E-state index is 0.126. The van der Waals surface area contributed by atoms with Gasteiger partial charge >= 0.3 is 0 Å². The fourth-order valence-corrected chi connectivity index (χ4v) is 0.978. The Morgan fingerprint density at radius 2 is 2.29 bits per heavy atom. The minimum atomic E-state index is 0.126. The fourth-order valence-electron chi connectivity index (χ4n) is 0.978. The summed E-state index contributed by atoms with van der Waals surface area (Å²) >= 11 is 0. The van der Waals surface area contributed by atoms with E-state index in [1.54, 1.807) is 6.21 Å². The molecule has 1 unspecified atom stereocenters. The smallest absolute Gasteiger partial charge is 0.121 e. The van der Waals surface area contributed by atoms with Gasteiger partial charge in [-0.25, -0.2) is 0 Å². The van der Waals surface area contributed by atoms with E-state index < -0.39 is 0 Å². The summed E-state index contributed by atoms with van der Waals surface area (Å²) in [6, 6.07) is 0. The SMILES string of the molecule is C=C1/C=C\N(C)C(C)N=C/C=C(\C)O1. The Labute approximate surface area is 85.1 Å². The molecule has 0 amide bonds. The lowest BCUT2D eigenvalue weighted by Crippen LogP contribution is -2.21. The van der Waals surface area contributed by atoms with Crippen LogP contribution in [0.15, 0.2) is 41.4 Å². The van der Waals surface area contributed by atoms with Crippen LogP contribution in [0.2, 0.25) is 0 Å². The van der Waals surface area contributed by atoms with Gasteiger partial charge in [0.15, 0.2) is 0 Å². The van der Waals surface area contributed by atoms with E-state index in [-0.39, 0.29) is 6.17 Å². The van der Waals surface area contributed by atoms with Crippen molar-refractivity contribution < 1.29 is 4.74 Å². The van der Waals surface area contributed by atoms with E-state index in [0.717, 1.165) is 5.76 Å². The van der Waals surface area contributed by atoms with Crippen LogP contribution in [0.3, 0.4) is 0 Å². The number of aliphatic imine (C=N–C) groups is 1. The highest BCUT2D eigenvalue weighted by molar-refractivity contribution is 5.71. The molecule has 76 valence electrons. The summed E-state index contributed by atoms with van der Waals surface area (Å²) in [5.74, 6) is 1.42. The van der Waals surface area contributed by atoms with Crippen LogP contribution in [-0.4, -0.2) is 24.3 Å². The molecule has 0 spiro atoms. The zero-order valence-electron chi connectivity index (χ0n) is 8.90. The van der Waals surface area contributed by atoms with E-state index in [0.29, 0.717) is 5.76 Å². The van der Waals surface area contributed by atoms with Gasteiger partial charge in [0.25, 0.3) is 0 Å². The molecule has 0 bridgehead atoms. The van der Waals surface area contributed by atoms with Crippen LogP contribution < -0.4 is 0 Å². The van der Waals surface area contributed by atoms with Gasteiger partial charge in [0, 0.05) is 19.5 Å². The van der Waals surface area contributed by atoms with Crippen LogP contribution in [0, 0.1) is 0 Å². The Bertz CT molecular complexity index is 302. The second-order valence-electron chi connectivity index (χ2n) is 3.26. The second kappa shape index (κ2) is 4.65. The molecule has 1 aliphatic rings. The van der Waals surface area contributed by atoms with E-state index >= 15 is 0 Å². The molecule has 1 rings (SSSR count). The van der Waals surface area contributed by atoms with Crippen molar-refractivity contribution in [1.82, 2.24) is 4.90 Å². The van der Waals surface area contributed by atoms with Gasteiger partial charge in [0.2, 0.25) is 0 Å². The number of ether oxygens (including phenoxy) is 1. The quantitative estimate of drug-likeness (QED) is 0.588. The maximum Gasteiger partial charge on any atom is 0.121 e. The van der Waals surface area contributed by atoms with Gasteiger partial charge < -0.3 is 9.64 Å². The van der Waals surface area contributed by atoms with Crippen LogP contribution in [0.25, 0.3) is 0 Å². The van der Waals surface area contributed by atoms with E-state index in [4.69, 9.17) is 4.74 Å². The minimum Gasteiger partial charge on any atom is -0.463 e. The third-order valence-corrected chi connectivity index (χ3v) is 1.99. The Kier molecular flexibility index (Phi) is 3.51. The highest BCUT2D eigenvalue weighted by Crippen LogP contribution is 2.08. The molecule has 0 aromatic carbocycles. The average Bonchev–Trinajstić information content (AvgIpc) is 2.12. The number of hydrogen-bond acceptors (Lipinski definition) is 3. The summed E-state index contributed by atoms with van der Waals surface area (Å²) in [4.78, 5) is 6.29. The molecule has 0 aromatic heterocycles. The van der Waals surface area contributed by atoms with Crippen molar-refractivity contribution in [2.75, 3.05) is 7.05 Å². The molecule has 1 heterocycles. The first-order valence-corrected chi connectivity index (χ1v) is 4.56. The van der Waals surface area contributed by atoms with Crippen LogP contribution in [0.5, 0.6) is 0 Å². The summed E-state index contributed by atoms with van der Waals surface area (Å²) in [7, 11) is 1.96. The number of hydrogen-bond donors (Lipinski definition) is 0. The van der Waals surface area contributed by atoms with Gasteiger partial charge in [-0.15, -0.1) is 0 Å². The molecule has 0 N–H and O–H groups in total. The average molecular weight is 192 g/mol. The maximum atomic E-state index is 5.37. The zero-order chi connectivity index (χ0) is 10.6. The second-order valence-corrected chi connectivity index (χ2v) is 3.26. The largest absolute Gasteiger partial charge is 0.463 e. The van der Waals surface area contributed by atoms with E-state index in [1.165, 1.54) is 0 Å². The van der Waals surface area contributed by atoms with Gasteiger partial charge in [0.05, 0.1) is 0 Å². The number of allylic oxidation sites excluding steroid dienone is 3. The summed E-state index contributed by atoms with van der Waals surface area (Å²) in [6.07, 6.45) is 7.44. The third-order valence-electron chi connectivity index (χ3n) is 1.99. The topological polar surface area (TPSA) is 24.8 Å². The van der Waals surface area contributed by atoms with Crippen molar-refractivity contribution in [3.05, 3.63) is 36.4 Å². The summed E-state index contributed by atoms with van der Waals surface area (Å²) in [6.45, 7) is 7.68. The molecule has 14 heavy (non-hydrogen) atoms. The third kappa shape index (κ3) is 3.09. The molecule has 3 nitrogen and oxygen atoms in total. The molecular formula is C11H16N2O. The number of nitrogens with zero attached hydrogens (tertiary/aromatic N) is 2. The fraction of sp³-hybridized carbons (Fsp3) is 0.364. The van der Waals surface area contributed by atoms with E-state index in [2.05, 4.69) is 11.6 Å². The van der Waals surface area contributed by atoms with Crippen LogP contribution in [-0.2, 0) is 4.74 Å². The Hall–Kier alpha value is -1.51. The van der Waals surface area contributed by atoms with E-state index in [1.807, 2.05) is 44.1 Å². The zero-order valence-corrected chi connectivity index (χ0v) is 8.90. The molecule has 0 aliphatic carbocycles. The summed E-state index contributed by atoms with van der Waals surface area (Å²) < 4.78 is 5.37. The summed E-state index contributed by atoms with van der Waals surface area (Å²) in [5, 5.41) is 0. The standard InChI is InChI=1S/C11H16N2O/c1-9-5-7-12-11(3)13(4)8-6-10(2)14-9/h5-8,11H,2H2,1,3-4H3/b8-6-,9-5+,12-7?. The van der Waals surface area contributed by atoms with Crippen LogP contribution in [0.1, 0.15) is 13.8 Å². The lowest BCUT2D eigenvalue weighted by atomic mass is 10.4. The van der Waals surface area contributed by atoms with Crippen molar-refractivity contribution in [2.45, 2.75) is 20.0 Å². The maximum absolute atomic E-state index is 5.37. The monoisotopic (exact) mass is 192 g/mol. The van der Waals surface area contributed by atoms with Gasteiger partial charge in [-0.3, -0.25) is 4.99 Å². The lowest BCUT2D eigenvalue weighted by molar-refractivity contribution is 0.317. The van der Waals surface area contributed by atoms with Crippen molar-refractivity contribution in [1.29, 1.82) is 0 Å². The molecule has 0 fully saturated rings. The predicted octanol–water partition coefficient (Wildman–Crippen LogP) is 2.30. The normalized spacial score (nSPS) is 29.1. The lowest BCUT2D eigenvalue weighted by Gasteiger charge is -2.19. The molecule has 0 radical (unpaired) electrons. The Balaban J connectivity index is 2.87. The first kappa shape index (κ1) is 10.6. The molecular weight excluding hydrogens is 176 g/mol. The van der Waals surface area contributed by atoms with Crippen LogP contribution in [0.4, 0.5) is 0 Å². The number of rotatable bonds is 0. The van der Waals surface area contributed by atoms with Gasteiger partial charge in [0.1, 0.15) is 17.7 Å². The first-order valence-electron chi connectivity index (χ1n) is 4.56. The van der Waals surface area contributed by atoms with Gasteiger partial charge in [-0.05, 0) is 26.0 Å². The van der Waals surface area contributed by atoms with Gasteiger partial charge in [-0.2, -0.15) is 0 Å². The first-order chi connectivity index (χ1) is 6.59. The van der Waals surface area contributed by atoms with Crippen molar-refractivity contribution >= 4 is 6.21 Å². The van der Waals surface area contributed by atoms with Gasteiger partial charge in [-0.1, -0.05) is 6.58 Å². The Morgan fingerprint density at radius 3 is 3.00 bits per heavy atom. The highest BCUT2D eigenvalue weighted by atomic mass is 16.5. The Morgan fingerprint density at radius 1 is 1.57 bits per heavy atom. The molecule has 3 heteroatoms. The van der Waals surface area contributed by atoms with Crippen LogP contribution >= 0.6 is 0 Å². The molecule has 1 aliphatic heterocycles.